The summed E-state index contributed by atoms with van der Waals surface area (Å²) in [6.45, 7) is 15.9. The van der Waals surface area contributed by atoms with Crippen LogP contribution in [0.25, 0.3) is 0 Å². The van der Waals surface area contributed by atoms with Crippen molar-refractivity contribution in [3.05, 3.63) is 23.0 Å². The van der Waals surface area contributed by atoms with E-state index in [0.29, 0.717) is 23.2 Å². The van der Waals surface area contributed by atoms with Gasteiger partial charge in [0.15, 0.2) is 0 Å². The van der Waals surface area contributed by atoms with Crippen LogP contribution in [-0.2, 0) is 19.1 Å². The monoisotopic (exact) mass is 511 g/mol. The average molecular weight is 512 g/mol. The molecule has 4 aliphatic carbocycles. The first-order chi connectivity index (χ1) is 17.4. The second-order valence-electron chi connectivity index (χ2n) is 14.0. The van der Waals surface area contributed by atoms with Crippen LogP contribution < -0.4 is 5.32 Å². The van der Waals surface area contributed by atoms with Crippen molar-refractivity contribution in [3.63, 3.8) is 0 Å². The maximum atomic E-state index is 11.6. The van der Waals surface area contributed by atoms with Crippen molar-refractivity contribution in [2.75, 3.05) is 6.54 Å². The molecule has 5 nitrogen and oxygen atoms in total. The lowest BCUT2D eigenvalue weighted by atomic mass is 9.47. The molecule has 1 heterocycles. The SMILES string of the molecule is CC(=O)NC[C@H](C)CCC1=C(C)[C@H]2[C@]3(C)CC[C@@H]4[C@H](CC=C5C[C@@H](OC(C)=O)CC[C@@]54C)[C@@H]3C[C@]2(C)O1. The third-order valence-electron chi connectivity index (χ3n) is 11.5. The molecule has 5 heteroatoms. The molecule has 1 aliphatic heterocycles. The molecule has 0 aromatic carbocycles. The molecule has 0 unspecified atom stereocenters. The van der Waals surface area contributed by atoms with E-state index in [4.69, 9.17) is 9.47 Å². The third kappa shape index (κ3) is 4.46. The normalized spacial score (nSPS) is 43.0. The molecule has 5 aliphatic rings. The van der Waals surface area contributed by atoms with Gasteiger partial charge in [-0.2, -0.15) is 0 Å². The van der Waals surface area contributed by atoms with E-state index in [0.717, 1.165) is 56.9 Å². The first kappa shape index (κ1) is 26.8. The highest BCUT2D eigenvalue weighted by atomic mass is 16.5. The zero-order chi connectivity index (χ0) is 26.8. The van der Waals surface area contributed by atoms with Crippen LogP contribution in [0.15, 0.2) is 23.0 Å². The standard InChI is InChI=1S/C32H49NO4/c1-19(18-33-21(3)34)8-11-28-20(2)29-31(6)15-13-26-25(27(31)17-32(29,7)37-28)10-9-23-16-24(36-22(4)35)12-14-30(23,26)5/h9,19,24-27,29H,8,10-18H2,1-7H3,(H,33,34)/t19-,24+,25+,26-,27+,29+,30+,31-,32+/m1/s1. The molecule has 37 heavy (non-hydrogen) atoms. The average Bonchev–Trinajstić information content (AvgIpc) is 3.22. The molecule has 0 radical (unpaired) electrons. The van der Waals surface area contributed by atoms with Gasteiger partial charge in [0.2, 0.25) is 5.91 Å². The molecule has 206 valence electrons. The number of ether oxygens (including phenoxy) is 2. The van der Waals surface area contributed by atoms with Crippen molar-refractivity contribution >= 4 is 11.9 Å². The zero-order valence-corrected chi connectivity index (χ0v) is 24.2. The fourth-order valence-electron chi connectivity index (χ4n) is 9.93. The maximum absolute atomic E-state index is 11.6. The Morgan fingerprint density at radius 2 is 1.92 bits per heavy atom. The number of carbonyl (C=O) groups is 2. The number of esters is 1. The van der Waals surface area contributed by atoms with E-state index in [1.807, 2.05) is 0 Å². The van der Waals surface area contributed by atoms with Crippen LogP contribution in [0.4, 0.5) is 0 Å². The Bertz CT molecular complexity index is 1010. The number of fused-ring (bicyclic) bond motifs is 7. The summed E-state index contributed by atoms with van der Waals surface area (Å²) in [5.41, 5.74) is 3.51. The lowest BCUT2D eigenvalue weighted by Gasteiger charge is -2.58. The number of allylic oxidation sites excluding steroid dienone is 2. The molecule has 1 amide bonds. The Hall–Kier alpha value is -1.78. The van der Waals surface area contributed by atoms with Crippen LogP contribution >= 0.6 is 0 Å². The highest BCUT2D eigenvalue weighted by molar-refractivity contribution is 5.72. The minimum Gasteiger partial charge on any atom is -0.491 e. The first-order valence-corrected chi connectivity index (χ1v) is 14.9. The molecular formula is C32H49NO4. The van der Waals surface area contributed by atoms with Crippen molar-refractivity contribution in [2.24, 2.45) is 40.4 Å². The van der Waals surface area contributed by atoms with Gasteiger partial charge in [0.05, 0.1) is 5.76 Å². The van der Waals surface area contributed by atoms with E-state index >= 15 is 0 Å². The number of hydrogen-bond donors (Lipinski definition) is 1. The summed E-state index contributed by atoms with van der Waals surface area (Å²) in [4.78, 5) is 22.9. The summed E-state index contributed by atoms with van der Waals surface area (Å²) < 4.78 is 12.5. The van der Waals surface area contributed by atoms with Gasteiger partial charge in [-0.05, 0) is 98.9 Å². The topological polar surface area (TPSA) is 64.6 Å². The summed E-state index contributed by atoms with van der Waals surface area (Å²) in [5, 5.41) is 2.96. The summed E-state index contributed by atoms with van der Waals surface area (Å²) in [6, 6.07) is 0. The molecule has 0 aromatic rings. The smallest absolute Gasteiger partial charge is 0.302 e. The van der Waals surface area contributed by atoms with Crippen molar-refractivity contribution in [3.8, 4) is 0 Å². The van der Waals surface area contributed by atoms with Crippen LogP contribution in [0.3, 0.4) is 0 Å². The Balaban J connectivity index is 1.32. The second kappa shape index (κ2) is 9.45. The molecule has 0 bridgehead atoms. The van der Waals surface area contributed by atoms with Gasteiger partial charge >= 0.3 is 5.97 Å². The van der Waals surface area contributed by atoms with Gasteiger partial charge in [-0.3, -0.25) is 9.59 Å². The van der Waals surface area contributed by atoms with Crippen molar-refractivity contribution < 1.29 is 19.1 Å². The Labute approximate surface area is 224 Å². The largest absolute Gasteiger partial charge is 0.491 e. The minimum absolute atomic E-state index is 0.0481. The van der Waals surface area contributed by atoms with Crippen LogP contribution in [0, 0.1) is 40.4 Å². The van der Waals surface area contributed by atoms with E-state index in [1.54, 1.807) is 12.5 Å². The fourth-order valence-corrected chi connectivity index (χ4v) is 9.93. The molecule has 9 atom stereocenters. The molecule has 3 fully saturated rings. The van der Waals surface area contributed by atoms with Gasteiger partial charge in [-0.15, -0.1) is 0 Å². The Kier molecular flexibility index (Phi) is 6.85. The summed E-state index contributed by atoms with van der Waals surface area (Å²) in [7, 11) is 0. The Morgan fingerprint density at radius 1 is 1.16 bits per heavy atom. The third-order valence-corrected chi connectivity index (χ3v) is 11.5. The van der Waals surface area contributed by atoms with Crippen LogP contribution in [-0.4, -0.2) is 30.1 Å². The second-order valence-corrected chi connectivity index (χ2v) is 14.0. The van der Waals surface area contributed by atoms with Gasteiger partial charge < -0.3 is 14.8 Å². The fraction of sp³-hybridized carbons (Fsp3) is 0.812. The Morgan fingerprint density at radius 3 is 2.62 bits per heavy atom. The van der Waals surface area contributed by atoms with E-state index < -0.39 is 0 Å². The van der Waals surface area contributed by atoms with Gasteiger partial charge in [0.1, 0.15) is 11.7 Å². The van der Waals surface area contributed by atoms with E-state index in [1.165, 1.54) is 37.5 Å². The van der Waals surface area contributed by atoms with Crippen LogP contribution in [0.2, 0.25) is 0 Å². The predicted octanol–water partition coefficient (Wildman–Crippen LogP) is 6.72. The number of hydrogen-bond acceptors (Lipinski definition) is 4. The number of rotatable bonds is 6. The van der Waals surface area contributed by atoms with Crippen molar-refractivity contribution in [1.29, 1.82) is 0 Å². The van der Waals surface area contributed by atoms with E-state index in [2.05, 4.69) is 46.0 Å². The van der Waals surface area contributed by atoms with E-state index in [9.17, 15) is 9.59 Å². The number of amides is 1. The van der Waals surface area contributed by atoms with Crippen molar-refractivity contribution in [2.45, 2.75) is 118 Å². The van der Waals surface area contributed by atoms with E-state index in [-0.39, 0.29) is 29.0 Å². The molecule has 0 aromatic heterocycles. The summed E-state index contributed by atoms with van der Waals surface area (Å²) in [6.07, 6.45) is 12.6. The molecule has 0 spiro atoms. The van der Waals surface area contributed by atoms with Crippen molar-refractivity contribution in [1.82, 2.24) is 5.32 Å². The van der Waals surface area contributed by atoms with Gasteiger partial charge in [0, 0.05) is 39.2 Å². The van der Waals surface area contributed by atoms with Crippen LogP contribution in [0.5, 0.6) is 0 Å². The molecule has 3 saturated carbocycles. The first-order valence-electron chi connectivity index (χ1n) is 14.9. The maximum Gasteiger partial charge on any atom is 0.302 e. The molecule has 5 rings (SSSR count). The predicted molar refractivity (Wildman–Crippen MR) is 145 cm³/mol. The number of carbonyl (C=O) groups excluding carboxylic acids is 2. The summed E-state index contributed by atoms with van der Waals surface area (Å²) in [5.74, 6) is 4.22. The number of nitrogens with one attached hydrogen (secondary N) is 1. The zero-order valence-electron chi connectivity index (χ0n) is 24.2. The minimum atomic E-state index is -0.146. The molecule has 0 saturated heterocycles. The lowest BCUT2D eigenvalue weighted by Crippen LogP contribution is -2.50. The summed E-state index contributed by atoms with van der Waals surface area (Å²) >= 11 is 0. The molecular weight excluding hydrogens is 462 g/mol. The molecule has 1 N–H and O–H groups in total. The highest BCUT2D eigenvalue weighted by Gasteiger charge is 2.67. The van der Waals surface area contributed by atoms with Gasteiger partial charge in [-0.1, -0.05) is 32.4 Å². The van der Waals surface area contributed by atoms with Crippen LogP contribution in [0.1, 0.15) is 106 Å². The van der Waals surface area contributed by atoms with Gasteiger partial charge in [-0.25, -0.2) is 0 Å². The lowest BCUT2D eigenvalue weighted by molar-refractivity contribution is -0.148. The highest BCUT2D eigenvalue weighted by Crippen LogP contribution is 2.71. The van der Waals surface area contributed by atoms with Gasteiger partial charge in [0.25, 0.3) is 0 Å². The quantitative estimate of drug-likeness (QED) is 0.317.